The average molecular weight is 337 g/mol. The Hall–Kier alpha value is -2.60. The highest BCUT2D eigenvalue weighted by atomic mass is 32.2. The summed E-state index contributed by atoms with van der Waals surface area (Å²) in [5, 5.41) is 4.38. The molecule has 0 saturated carbocycles. The molecule has 5 nitrogen and oxygen atoms in total. The van der Waals surface area contributed by atoms with Crippen molar-refractivity contribution in [3.05, 3.63) is 60.2 Å². The average Bonchev–Trinajstić information content (AvgIpc) is 3.27. The number of aromatic nitrogens is 2. The minimum Gasteiger partial charge on any atom is -0.327 e. The van der Waals surface area contributed by atoms with Crippen molar-refractivity contribution in [2.45, 2.75) is 11.6 Å². The van der Waals surface area contributed by atoms with Crippen molar-refractivity contribution >= 4 is 23.4 Å². The lowest BCUT2D eigenvalue weighted by Crippen LogP contribution is -2.30. The minimum atomic E-state index is 0.0596. The second kappa shape index (κ2) is 6.49. The number of benzene rings is 2. The number of hydrogen-bond donors (Lipinski definition) is 0. The molecule has 0 fully saturated rings. The van der Waals surface area contributed by atoms with Gasteiger partial charge in [0.1, 0.15) is 0 Å². The maximum atomic E-state index is 12.5. The van der Waals surface area contributed by atoms with Crippen LogP contribution in [0.25, 0.3) is 11.4 Å². The normalized spacial score (nSPS) is 13.1. The van der Waals surface area contributed by atoms with Crippen molar-refractivity contribution in [2.24, 2.45) is 0 Å². The number of nitrogens with zero attached hydrogens (tertiary/aromatic N) is 3. The van der Waals surface area contributed by atoms with Crippen LogP contribution >= 0.6 is 11.8 Å². The van der Waals surface area contributed by atoms with E-state index < -0.39 is 0 Å². The van der Waals surface area contributed by atoms with Gasteiger partial charge in [-0.3, -0.25) is 4.79 Å². The molecule has 0 atom stereocenters. The van der Waals surface area contributed by atoms with Crippen LogP contribution in [0.15, 0.2) is 64.3 Å². The van der Waals surface area contributed by atoms with Crippen LogP contribution in [0.4, 0.5) is 5.69 Å². The molecule has 1 aliphatic rings. The van der Waals surface area contributed by atoms with Crippen LogP contribution in [0.1, 0.15) is 5.56 Å². The van der Waals surface area contributed by atoms with E-state index in [0.717, 1.165) is 24.2 Å². The number of para-hydroxylation sites is 1. The van der Waals surface area contributed by atoms with Gasteiger partial charge in [0.2, 0.25) is 11.7 Å². The maximum absolute atomic E-state index is 12.5. The smallest absolute Gasteiger partial charge is 0.286 e. The van der Waals surface area contributed by atoms with E-state index in [0.29, 0.717) is 11.0 Å². The number of anilines is 1. The van der Waals surface area contributed by atoms with Crippen LogP contribution < -0.4 is 4.90 Å². The van der Waals surface area contributed by atoms with Gasteiger partial charge in [-0.25, -0.2) is 0 Å². The van der Waals surface area contributed by atoms with E-state index in [4.69, 9.17) is 4.52 Å². The van der Waals surface area contributed by atoms with E-state index >= 15 is 0 Å². The molecule has 4 rings (SSSR count). The predicted octanol–water partition coefficient (Wildman–Crippen LogP) is 3.42. The van der Waals surface area contributed by atoms with Crippen LogP contribution in [0.3, 0.4) is 0 Å². The first-order valence-electron chi connectivity index (χ1n) is 7.71. The standard InChI is InChI=1S/C18H15N3O2S/c22-16(21-11-10-13-6-4-5-9-15(13)21)12-24-18-19-17(20-23-18)14-7-2-1-3-8-14/h1-9H,10-12H2. The molecule has 0 radical (unpaired) electrons. The van der Waals surface area contributed by atoms with Crippen molar-refractivity contribution in [2.75, 3.05) is 17.2 Å². The van der Waals surface area contributed by atoms with Gasteiger partial charge in [-0.2, -0.15) is 4.98 Å². The van der Waals surface area contributed by atoms with E-state index in [1.54, 1.807) is 0 Å². The zero-order valence-electron chi connectivity index (χ0n) is 12.9. The highest BCUT2D eigenvalue weighted by Crippen LogP contribution is 2.29. The molecule has 1 amide bonds. The summed E-state index contributed by atoms with van der Waals surface area (Å²) in [7, 11) is 0. The highest BCUT2D eigenvalue weighted by Gasteiger charge is 2.24. The lowest BCUT2D eigenvalue weighted by atomic mass is 10.2. The summed E-state index contributed by atoms with van der Waals surface area (Å²) in [6.07, 6.45) is 0.908. The van der Waals surface area contributed by atoms with E-state index in [2.05, 4.69) is 16.2 Å². The van der Waals surface area contributed by atoms with Crippen molar-refractivity contribution in [1.29, 1.82) is 0 Å². The number of rotatable bonds is 4. The summed E-state index contributed by atoms with van der Waals surface area (Å²) in [4.78, 5) is 18.6. The number of carbonyl (C=O) groups is 1. The summed E-state index contributed by atoms with van der Waals surface area (Å²) in [6.45, 7) is 0.734. The zero-order chi connectivity index (χ0) is 16.4. The molecule has 0 aliphatic carbocycles. The molecular formula is C18H15N3O2S. The van der Waals surface area contributed by atoms with Gasteiger partial charge in [-0.1, -0.05) is 65.4 Å². The Morgan fingerprint density at radius 1 is 1.12 bits per heavy atom. The maximum Gasteiger partial charge on any atom is 0.286 e. The lowest BCUT2D eigenvalue weighted by molar-refractivity contribution is -0.116. The molecule has 1 aliphatic heterocycles. The number of fused-ring (bicyclic) bond motifs is 1. The molecule has 0 unspecified atom stereocenters. The van der Waals surface area contributed by atoms with Gasteiger partial charge < -0.3 is 9.42 Å². The monoisotopic (exact) mass is 337 g/mol. The van der Waals surface area contributed by atoms with E-state index in [-0.39, 0.29) is 11.7 Å². The molecule has 0 bridgehead atoms. The number of thioether (sulfide) groups is 1. The molecule has 2 aromatic carbocycles. The van der Waals surface area contributed by atoms with Gasteiger partial charge in [-0.15, -0.1) is 0 Å². The Labute approximate surface area is 143 Å². The molecule has 24 heavy (non-hydrogen) atoms. The molecular weight excluding hydrogens is 322 g/mol. The van der Waals surface area contributed by atoms with Gasteiger partial charge in [0.05, 0.1) is 5.75 Å². The Kier molecular flexibility index (Phi) is 4.04. The summed E-state index contributed by atoms with van der Waals surface area (Å²) < 4.78 is 5.23. The topological polar surface area (TPSA) is 59.2 Å². The van der Waals surface area contributed by atoms with Crippen molar-refractivity contribution in [3.8, 4) is 11.4 Å². The van der Waals surface area contributed by atoms with Crippen LogP contribution in [0, 0.1) is 0 Å². The Morgan fingerprint density at radius 2 is 1.92 bits per heavy atom. The van der Waals surface area contributed by atoms with Crippen LogP contribution in [0.5, 0.6) is 0 Å². The zero-order valence-corrected chi connectivity index (χ0v) is 13.7. The number of hydrogen-bond acceptors (Lipinski definition) is 5. The van der Waals surface area contributed by atoms with Gasteiger partial charge >= 0.3 is 0 Å². The van der Waals surface area contributed by atoms with Crippen molar-refractivity contribution in [1.82, 2.24) is 10.1 Å². The second-order valence-electron chi connectivity index (χ2n) is 5.46. The highest BCUT2D eigenvalue weighted by molar-refractivity contribution is 7.99. The third kappa shape index (κ3) is 2.92. The summed E-state index contributed by atoms with van der Waals surface area (Å²) in [5.41, 5.74) is 3.13. The van der Waals surface area contributed by atoms with Gasteiger partial charge in [0, 0.05) is 17.8 Å². The predicted molar refractivity (Wildman–Crippen MR) is 93.0 cm³/mol. The fourth-order valence-corrected chi connectivity index (χ4v) is 3.42. The molecule has 0 N–H and O–H groups in total. The van der Waals surface area contributed by atoms with E-state index in [1.807, 2.05) is 53.4 Å². The lowest BCUT2D eigenvalue weighted by Gasteiger charge is -2.16. The minimum absolute atomic E-state index is 0.0596. The van der Waals surface area contributed by atoms with E-state index in [9.17, 15) is 4.79 Å². The third-order valence-electron chi connectivity index (χ3n) is 3.95. The molecule has 2 heterocycles. The summed E-state index contributed by atoms with van der Waals surface area (Å²) >= 11 is 1.27. The molecule has 0 spiro atoms. The first-order chi connectivity index (χ1) is 11.8. The van der Waals surface area contributed by atoms with Crippen LogP contribution in [0.2, 0.25) is 0 Å². The summed E-state index contributed by atoms with van der Waals surface area (Å²) in [5.74, 6) is 0.881. The Bertz CT molecular complexity index is 863. The van der Waals surface area contributed by atoms with Gasteiger partial charge in [0.25, 0.3) is 5.22 Å². The fourth-order valence-electron chi connectivity index (χ4n) is 2.77. The van der Waals surface area contributed by atoms with Crippen molar-refractivity contribution < 1.29 is 9.32 Å². The SMILES string of the molecule is O=C(CSc1nc(-c2ccccc2)no1)N1CCc2ccccc21. The largest absolute Gasteiger partial charge is 0.327 e. The van der Waals surface area contributed by atoms with Gasteiger partial charge in [0.15, 0.2) is 0 Å². The quantitative estimate of drug-likeness (QED) is 0.683. The second-order valence-corrected chi connectivity index (χ2v) is 6.39. The molecule has 1 aromatic heterocycles. The van der Waals surface area contributed by atoms with Crippen LogP contribution in [-0.4, -0.2) is 28.3 Å². The molecule has 3 aromatic rings. The molecule has 6 heteroatoms. The fraction of sp³-hybridized carbons (Fsp3) is 0.167. The first kappa shape index (κ1) is 15.0. The van der Waals surface area contributed by atoms with Crippen LogP contribution in [-0.2, 0) is 11.2 Å². The molecule has 120 valence electrons. The van der Waals surface area contributed by atoms with E-state index in [1.165, 1.54) is 17.3 Å². The Morgan fingerprint density at radius 3 is 2.79 bits per heavy atom. The molecule has 0 saturated heterocycles. The number of carbonyl (C=O) groups excluding carboxylic acids is 1. The third-order valence-corrected chi connectivity index (χ3v) is 4.75. The van der Waals surface area contributed by atoms with Gasteiger partial charge in [-0.05, 0) is 18.1 Å². The Balaban J connectivity index is 1.41. The van der Waals surface area contributed by atoms with Crippen molar-refractivity contribution in [3.63, 3.8) is 0 Å². The first-order valence-corrected chi connectivity index (χ1v) is 8.70. The number of amides is 1. The summed E-state index contributed by atoms with van der Waals surface area (Å²) in [6, 6.07) is 17.7.